The SMILES string of the molecule is CCC1CCN[B]N1. The summed E-state index contributed by atoms with van der Waals surface area (Å²) < 4.78 is 0. The Morgan fingerprint density at radius 2 is 2.62 bits per heavy atom. The monoisotopic (exact) mass is 111 g/mol. The van der Waals surface area contributed by atoms with Crippen LogP contribution in [0.2, 0.25) is 0 Å². The van der Waals surface area contributed by atoms with Gasteiger partial charge in [-0.25, -0.2) is 0 Å². The Balaban J connectivity index is 2.13. The maximum atomic E-state index is 3.23. The molecule has 1 fully saturated rings. The fourth-order valence-electron chi connectivity index (χ4n) is 0.912. The van der Waals surface area contributed by atoms with Gasteiger partial charge in [0, 0.05) is 0 Å². The van der Waals surface area contributed by atoms with E-state index in [2.05, 4.69) is 17.4 Å². The van der Waals surface area contributed by atoms with E-state index in [-0.39, 0.29) is 0 Å². The van der Waals surface area contributed by atoms with Gasteiger partial charge < -0.3 is 10.5 Å². The summed E-state index contributed by atoms with van der Waals surface area (Å²) in [7, 11) is 1.94. The Labute approximate surface area is 51.3 Å². The smallest absolute Gasteiger partial charge is 0.307 e. The lowest BCUT2D eigenvalue weighted by atomic mass is 9.99. The maximum absolute atomic E-state index is 3.23. The van der Waals surface area contributed by atoms with Crippen LogP contribution in [0, 0.1) is 0 Å². The van der Waals surface area contributed by atoms with Gasteiger partial charge in [0.2, 0.25) is 0 Å². The molecule has 0 saturated carbocycles. The molecular formula is C5H12BN2. The van der Waals surface area contributed by atoms with Crippen LogP contribution >= 0.6 is 0 Å². The minimum atomic E-state index is 0.719. The summed E-state index contributed by atoms with van der Waals surface area (Å²) in [5.41, 5.74) is 0. The van der Waals surface area contributed by atoms with Crippen LogP contribution in [0.4, 0.5) is 0 Å². The summed E-state index contributed by atoms with van der Waals surface area (Å²) in [6.45, 7) is 3.34. The van der Waals surface area contributed by atoms with Gasteiger partial charge in [-0.2, -0.15) is 0 Å². The number of hydrogen-bond donors (Lipinski definition) is 2. The highest BCUT2D eigenvalue weighted by atomic mass is 15.0. The van der Waals surface area contributed by atoms with E-state index in [0.29, 0.717) is 0 Å². The second-order valence-electron chi connectivity index (χ2n) is 2.16. The van der Waals surface area contributed by atoms with Crippen LogP contribution in [0.1, 0.15) is 19.8 Å². The molecule has 1 aliphatic heterocycles. The fourth-order valence-corrected chi connectivity index (χ4v) is 0.912. The highest BCUT2D eigenvalue weighted by molar-refractivity contribution is 6.29. The van der Waals surface area contributed by atoms with Gasteiger partial charge in [-0.1, -0.05) is 6.92 Å². The first-order chi connectivity index (χ1) is 3.93. The van der Waals surface area contributed by atoms with Gasteiger partial charge in [0.15, 0.2) is 0 Å². The van der Waals surface area contributed by atoms with Crippen molar-refractivity contribution >= 4 is 7.55 Å². The van der Waals surface area contributed by atoms with Crippen LogP contribution in [-0.2, 0) is 0 Å². The van der Waals surface area contributed by atoms with Crippen LogP contribution < -0.4 is 10.5 Å². The van der Waals surface area contributed by atoms with Crippen molar-refractivity contribution in [3.05, 3.63) is 0 Å². The third-order valence-electron chi connectivity index (χ3n) is 1.55. The zero-order chi connectivity index (χ0) is 5.82. The van der Waals surface area contributed by atoms with E-state index in [1.807, 2.05) is 7.55 Å². The van der Waals surface area contributed by atoms with E-state index in [1.54, 1.807) is 0 Å². The van der Waals surface area contributed by atoms with Crippen molar-refractivity contribution in [1.29, 1.82) is 0 Å². The van der Waals surface area contributed by atoms with Crippen molar-refractivity contribution in [2.24, 2.45) is 0 Å². The molecule has 3 heteroatoms. The van der Waals surface area contributed by atoms with Crippen LogP contribution in [0.25, 0.3) is 0 Å². The Morgan fingerprint density at radius 3 is 3.00 bits per heavy atom. The summed E-state index contributed by atoms with van der Waals surface area (Å²) in [4.78, 5) is 0. The average Bonchev–Trinajstić information content (AvgIpc) is 1.90. The number of rotatable bonds is 1. The van der Waals surface area contributed by atoms with Gasteiger partial charge in [-0.3, -0.25) is 0 Å². The molecule has 45 valence electrons. The van der Waals surface area contributed by atoms with Crippen molar-refractivity contribution < 1.29 is 0 Å². The Bertz CT molecular complexity index is 61.4. The molecule has 0 aromatic carbocycles. The fraction of sp³-hybridized carbons (Fsp3) is 1.00. The molecule has 1 heterocycles. The summed E-state index contributed by atoms with van der Waals surface area (Å²) in [5.74, 6) is 0. The van der Waals surface area contributed by atoms with Crippen molar-refractivity contribution in [3.63, 3.8) is 0 Å². The second kappa shape index (κ2) is 3.10. The molecule has 0 spiro atoms. The quantitative estimate of drug-likeness (QED) is 0.461. The minimum Gasteiger partial charge on any atom is -0.346 e. The normalized spacial score (nSPS) is 29.4. The predicted octanol–water partition coefficient (Wildman–Crippen LogP) is -0.118. The van der Waals surface area contributed by atoms with Gasteiger partial charge in [-0.05, 0) is 25.4 Å². The molecule has 1 atom stereocenters. The number of nitrogens with one attached hydrogen (secondary N) is 2. The minimum absolute atomic E-state index is 0.719. The van der Waals surface area contributed by atoms with Crippen molar-refractivity contribution in [2.45, 2.75) is 25.8 Å². The summed E-state index contributed by atoms with van der Waals surface area (Å²) in [5, 5.41) is 6.35. The van der Waals surface area contributed by atoms with Crippen molar-refractivity contribution in [1.82, 2.24) is 10.5 Å². The molecule has 0 aromatic heterocycles. The van der Waals surface area contributed by atoms with E-state index in [0.717, 1.165) is 12.6 Å². The largest absolute Gasteiger partial charge is 0.346 e. The molecule has 0 aromatic rings. The van der Waals surface area contributed by atoms with E-state index in [9.17, 15) is 0 Å². The first-order valence-electron chi connectivity index (χ1n) is 3.24. The van der Waals surface area contributed by atoms with Gasteiger partial charge in [0.1, 0.15) is 0 Å². The summed E-state index contributed by atoms with van der Waals surface area (Å²) in [6.07, 6.45) is 2.49. The molecule has 0 aliphatic carbocycles. The average molecular weight is 111 g/mol. The van der Waals surface area contributed by atoms with Gasteiger partial charge in [-0.15, -0.1) is 0 Å². The van der Waals surface area contributed by atoms with Gasteiger partial charge >= 0.3 is 7.55 Å². The van der Waals surface area contributed by atoms with E-state index in [4.69, 9.17) is 0 Å². The lowest BCUT2D eigenvalue weighted by molar-refractivity contribution is 0.519. The predicted molar refractivity (Wildman–Crippen MR) is 35.6 cm³/mol. The third kappa shape index (κ3) is 1.49. The first-order valence-corrected chi connectivity index (χ1v) is 3.24. The zero-order valence-corrected chi connectivity index (χ0v) is 5.28. The van der Waals surface area contributed by atoms with E-state index >= 15 is 0 Å². The molecule has 0 amide bonds. The first kappa shape index (κ1) is 6.11. The maximum Gasteiger partial charge on any atom is 0.307 e. The van der Waals surface area contributed by atoms with Crippen LogP contribution in [-0.4, -0.2) is 20.1 Å². The number of hydrogen-bond acceptors (Lipinski definition) is 2. The Morgan fingerprint density at radius 1 is 1.75 bits per heavy atom. The lowest BCUT2D eigenvalue weighted by Gasteiger charge is -2.21. The van der Waals surface area contributed by atoms with Gasteiger partial charge in [0.25, 0.3) is 0 Å². The van der Waals surface area contributed by atoms with Crippen LogP contribution in [0.3, 0.4) is 0 Å². The molecule has 1 unspecified atom stereocenters. The molecular weight excluding hydrogens is 98.9 g/mol. The van der Waals surface area contributed by atoms with E-state index in [1.165, 1.54) is 12.8 Å². The van der Waals surface area contributed by atoms with E-state index < -0.39 is 0 Å². The standard InChI is InChI=1S/C5H12BN2/c1-2-5-3-4-7-6-8-5/h5,7-8H,2-4H2,1H3. The lowest BCUT2D eigenvalue weighted by Crippen LogP contribution is -2.47. The molecule has 1 radical (unpaired) electrons. The highest BCUT2D eigenvalue weighted by Gasteiger charge is 2.09. The summed E-state index contributed by atoms with van der Waals surface area (Å²) >= 11 is 0. The molecule has 0 bridgehead atoms. The third-order valence-corrected chi connectivity index (χ3v) is 1.55. The molecule has 2 N–H and O–H groups in total. The Hall–Kier alpha value is -0.0151. The topological polar surface area (TPSA) is 24.1 Å². The summed E-state index contributed by atoms with van der Waals surface area (Å²) in [6, 6.07) is 0.719. The molecule has 2 nitrogen and oxygen atoms in total. The molecule has 1 rings (SSSR count). The van der Waals surface area contributed by atoms with Crippen molar-refractivity contribution in [3.8, 4) is 0 Å². The Kier molecular flexibility index (Phi) is 2.37. The van der Waals surface area contributed by atoms with Gasteiger partial charge in [0.05, 0.1) is 0 Å². The second-order valence-corrected chi connectivity index (χ2v) is 2.16. The van der Waals surface area contributed by atoms with Crippen molar-refractivity contribution in [2.75, 3.05) is 6.54 Å². The van der Waals surface area contributed by atoms with Crippen LogP contribution in [0.5, 0.6) is 0 Å². The molecule has 1 aliphatic rings. The molecule has 1 saturated heterocycles. The molecule has 8 heavy (non-hydrogen) atoms. The zero-order valence-electron chi connectivity index (χ0n) is 5.28. The van der Waals surface area contributed by atoms with Crippen LogP contribution in [0.15, 0.2) is 0 Å². The highest BCUT2D eigenvalue weighted by Crippen LogP contribution is 1.96.